The Hall–Kier alpha value is -2.69. The van der Waals surface area contributed by atoms with Crippen LogP contribution in [-0.2, 0) is 13.0 Å². The first-order chi connectivity index (χ1) is 11.7. The zero-order valence-corrected chi connectivity index (χ0v) is 13.5. The largest absolute Gasteiger partial charge is 0.490 e. The molecule has 2 heterocycles. The number of carbonyl (C=O) groups is 1. The molecule has 1 N–H and O–H groups in total. The highest BCUT2D eigenvalue weighted by atomic mass is 16.6. The maximum atomic E-state index is 12.4. The number of nitrogens with one attached hydrogen (secondary N) is 1. The van der Waals surface area contributed by atoms with Gasteiger partial charge in [-0.25, -0.2) is 0 Å². The molecule has 5 heteroatoms. The Balaban J connectivity index is 1.43. The van der Waals surface area contributed by atoms with Gasteiger partial charge >= 0.3 is 0 Å². The van der Waals surface area contributed by atoms with Gasteiger partial charge in [0.25, 0.3) is 5.91 Å². The van der Waals surface area contributed by atoms with Gasteiger partial charge in [-0.15, -0.1) is 0 Å². The van der Waals surface area contributed by atoms with Crippen LogP contribution in [0.2, 0.25) is 0 Å². The fraction of sp³-hybridized carbons (Fsp3) is 0.316. The van der Waals surface area contributed by atoms with E-state index in [9.17, 15) is 4.79 Å². The number of fused-ring (bicyclic) bond motifs is 2. The lowest BCUT2D eigenvalue weighted by atomic mass is 10.1. The summed E-state index contributed by atoms with van der Waals surface area (Å²) >= 11 is 0. The second-order valence-electron chi connectivity index (χ2n) is 6.12. The van der Waals surface area contributed by atoms with Crippen LogP contribution in [0.15, 0.2) is 36.4 Å². The van der Waals surface area contributed by atoms with Crippen LogP contribution < -0.4 is 19.5 Å². The molecule has 0 saturated heterocycles. The lowest BCUT2D eigenvalue weighted by Gasteiger charge is -2.18. The summed E-state index contributed by atoms with van der Waals surface area (Å²) < 4.78 is 16.7. The van der Waals surface area contributed by atoms with Gasteiger partial charge in [0.15, 0.2) is 11.5 Å². The highest BCUT2D eigenvalue weighted by molar-refractivity contribution is 5.94. The van der Waals surface area contributed by atoms with E-state index in [1.54, 1.807) is 18.2 Å². The van der Waals surface area contributed by atoms with Gasteiger partial charge in [0, 0.05) is 18.5 Å². The van der Waals surface area contributed by atoms with Crippen molar-refractivity contribution in [2.45, 2.75) is 26.0 Å². The molecule has 1 amide bonds. The van der Waals surface area contributed by atoms with Crippen molar-refractivity contribution in [1.82, 2.24) is 5.32 Å². The molecule has 4 rings (SSSR count). The first-order valence-corrected chi connectivity index (χ1v) is 8.15. The molecule has 2 aliphatic heterocycles. The second kappa shape index (κ2) is 6.07. The van der Waals surface area contributed by atoms with Crippen LogP contribution in [0.25, 0.3) is 0 Å². The molecule has 0 aliphatic carbocycles. The van der Waals surface area contributed by atoms with Gasteiger partial charge in [0.05, 0.1) is 0 Å². The third-order valence-electron chi connectivity index (χ3n) is 4.22. The molecule has 0 saturated carbocycles. The Labute approximate surface area is 140 Å². The van der Waals surface area contributed by atoms with Crippen molar-refractivity contribution in [3.63, 3.8) is 0 Å². The molecule has 0 spiro atoms. The number of carbonyl (C=O) groups excluding carboxylic acids is 1. The topological polar surface area (TPSA) is 56.8 Å². The number of ether oxygens (including phenoxy) is 3. The standard InChI is InChI=1S/C19H19NO4/c1-12-8-15-9-13(2-4-16(15)24-12)11-20-19(21)14-3-5-17-18(10-14)23-7-6-22-17/h2-5,9-10,12H,6-8,11H2,1H3,(H,20,21). The van der Waals surface area contributed by atoms with Crippen molar-refractivity contribution in [2.75, 3.05) is 13.2 Å². The molecule has 1 unspecified atom stereocenters. The summed E-state index contributed by atoms with van der Waals surface area (Å²) in [6, 6.07) is 11.3. The summed E-state index contributed by atoms with van der Waals surface area (Å²) in [7, 11) is 0. The number of hydrogen-bond acceptors (Lipinski definition) is 4. The van der Waals surface area contributed by atoms with E-state index in [-0.39, 0.29) is 12.0 Å². The van der Waals surface area contributed by atoms with Gasteiger partial charge in [0.2, 0.25) is 0 Å². The predicted octanol–water partition coefficient (Wildman–Crippen LogP) is 2.71. The van der Waals surface area contributed by atoms with Crippen LogP contribution in [-0.4, -0.2) is 25.2 Å². The number of rotatable bonds is 3. The highest BCUT2D eigenvalue weighted by Crippen LogP contribution is 2.31. The Morgan fingerprint density at radius 2 is 1.88 bits per heavy atom. The third-order valence-corrected chi connectivity index (χ3v) is 4.22. The summed E-state index contributed by atoms with van der Waals surface area (Å²) in [4.78, 5) is 12.4. The molecule has 2 aromatic rings. The molecule has 2 aromatic carbocycles. The van der Waals surface area contributed by atoms with Crippen LogP contribution in [0.1, 0.15) is 28.4 Å². The molecule has 0 fully saturated rings. The van der Waals surface area contributed by atoms with E-state index in [4.69, 9.17) is 14.2 Å². The number of benzene rings is 2. The first kappa shape index (κ1) is 14.9. The van der Waals surface area contributed by atoms with Crippen LogP contribution in [0.3, 0.4) is 0 Å². The van der Waals surface area contributed by atoms with Crippen molar-refractivity contribution in [3.8, 4) is 17.2 Å². The molecule has 0 bridgehead atoms. The Bertz CT molecular complexity index is 787. The van der Waals surface area contributed by atoms with Gasteiger partial charge in [0.1, 0.15) is 25.1 Å². The van der Waals surface area contributed by atoms with Gasteiger partial charge in [-0.2, -0.15) is 0 Å². The average Bonchev–Trinajstić information content (AvgIpc) is 2.98. The normalized spacial score (nSPS) is 17.8. The molecule has 1 atom stereocenters. The summed E-state index contributed by atoms with van der Waals surface area (Å²) in [5.74, 6) is 2.13. The molecule has 124 valence electrons. The molecule has 24 heavy (non-hydrogen) atoms. The van der Waals surface area contributed by atoms with Gasteiger partial charge < -0.3 is 19.5 Å². The quantitative estimate of drug-likeness (QED) is 0.943. The molecular weight excluding hydrogens is 306 g/mol. The van der Waals surface area contributed by atoms with E-state index < -0.39 is 0 Å². The summed E-state index contributed by atoms with van der Waals surface area (Å²) in [6.45, 7) is 3.59. The van der Waals surface area contributed by atoms with Crippen LogP contribution in [0.4, 0.5) is 0 Å². The Morgan fingerprint density at radius 1 is 1.08 bits per heavy atom. The lowest BCUT2D eigenvalue weighted by Crippen LogP contribution is -2.23. The number of amides is 1. The monoisotopic (exact) mass is 325 g/mol. The van der Waals surface area contributed by atoms with Crippen molar-refractivity contribution in [2.24, 2.45) is 0 Å². The fourth-order valence-electron chi connectivity index (χ4n) is 3.05. The van der Waals surface area contributed by atoms with Crippen LogP contribution >= 0.6 is 0 Å². The van der Waals surface area contributed by atoms with E-state index in [0.29, 0.717) is 36.8 Å². The van der Waals surface area contributed by atoms with E-state index >= 15 is 0 Å². The lowest BCUT2D eigenvalue weighted by molar-refractivity contribution is 0.0949. The molecular formula is C19H19NO4. The van der Waals surface area contributed by atoms with Gasteiger partial charge in [-0.05, 0) is 42.3 Å². The minimum absolute atomic E-state index is 0.128. The minimum atomic E-state index is -0.128. The second-order valence-corrected chi connectivity index (χ2v) is 6.12. The number of hydrogen-bond donors (Lipinski definition) is 1. The maximum absolute atomic E-state index is 12.4. The summed E-state index contributed by atoms with van der Waals surface area (Å²) in [6.07, 6.45) is 1.14. The molecule has 0 radical (unpaired) electrons. The van der Waals surface area contributed by atoms with Crippen molar-refractivity contribution < 1.29 is 19.0 Å². The SMILES string of the molecule is CC1Cc2cc(CNC(=O)c3ccc4c(c3)OCCO4)ccc2O1. The minimum Gasteiger partial charge on any atom is -0.490 e. The van der Waals surface area contributed by atoms with Crippen molar-refractivity contribution in [1.29, 1.82) is 0 Å². The van der Waals surface area contributed by atoms with Crippen LogP contribution in [0.5, 0.6) is 17.2 Å². The van der Waals surface area contributed by atoms with E-state index in [2.05, 4.69) is 18.3 Å². The zero-order valence-electron chi connectivity index (χ0n) is 13.5. The molecule has 5 nitrogen and oxygen atoms in total. The Kier molecular flexibility index (Phi) is 3.76. The van der Waals surface area contributed by atoms with Crippen molar-refractivity contribution in [3.05, 3.63) is 53.1 Å². The van der Waals surface area contributed by atoms with E-state index in [1.807, 2.05) is 12.1 Å². The summed E-state index contributed by atoms with van der Waals surface area (Å²) in [5.41, 5.74) is 2.84. The van der Waals surface area contributed by atoms with Gasteiger partial charge in [-0.1, -0.05) is 12.1 Å². The van der Waals surface area contributed by atoms with E-state index in [1.165, 1.54) is 5.56 Å². The highest BCUT2D eigenvalue weighted by Gasteiger charge is 2.19. The molecule has 2 aliphatic rings. The van der Waals surface area contributed by atoms with Gasteiger partial charge in [-0.3, -0.25) is 4.79 Å². The first-order valence-electron chi connectivity index (χ1n) is 8.15. The van der Waals surface area contributed by atoms with E-state index in [0.717, 1.165) is 17.7 Å². The van der Waals surface area contributed by atoms with Crippen molar-refractivity contribution >= 4 is 5.91 Å². The summed E-state index contributed by atoms with van der Waals surface area (Å²) in [5, 5.41) is 2.95. The maximum Gasteiger partial charge on any atom is 0.251 e. The average molecular weight is 325 g/mol. The Morgan fingerprint density at radius 3 is 2.75 bits per heavy atom. The van der Waals surface area contributed by atoms with Crippen LogP contribution in [0, 0.1) is 0 Å². The third kappa shape index (κ3) is 2.89. The smallest absolute Gasteiger partial charge is 0.251 e. The zero-order chi connectivity index (χ0) is 16.5. The molecule has 0 aromatic heterocycles. The predicted molar refractivity (Wildman–Crippen MR) is 88.8 cm³/mol. The fourth-order valence-corrected chi connectivity index (χ4v) is 3.05.